The fraction of sp³-hybridized carbons (Fsp3) is 0.750. The van der Waals surface area contributed by atoms with Gasteiger partial charge in [-0.3, -0.25) is 14.4 Å². The first-order valence-corrected chi connectivity index (χ1v) is 15.0. The molecule has 1 spiro atoms. The molecule has 1 aromatic heterocycles. The van der Waals surface area contributed by atoms with Gasteiger partial charge in [0.1, 0.15) is 30.0 Å². The average Bonchev–Trinajstić information content (AvgIpc) is 3.45. The summed E-state index contributed by atoms with van der Waals surface area (Å²) in [6.45, 7) is 14.7. The molecule has 0 amide bonds. The highest BCUT2D eigenvalue weighted by atomic mass is 16.7. The van der Waals surface area contributed by atoms with E-state index in [4.69, 9.17) is 28.1 Å². The van der Waals surface area contributed by atoms with Gasteiger partial charge >= 0.3 is 23.9 Å². The molecule has 3 heterocycles. The van der Waals surface area contributed by atoms with E-state index in [2.05, 4.69) is 34.6 Å². The van der Waals surface area contributed by atoms with Crippen LogP contribution in [0.4, 0.5) is 0 Å². The van der Waals surface area contributed by atoms with Crippen molar-refractivity contribution in [2.24, 2.45) is 33.5 Å². The number of rotatable bonds is 4. The standard InChI is InChI=1S/C32H42O10/c1-16(33)38-22-14-23(39-17(2)34)30(7)20-9-11-29(6)25(19-10-12-37-15-19)41-27(36)26-32(29,42-26)31(20,8)24(40-18(3)35)13-21(30)28(22,4)5/h10,12,15,20-26H,9,11,13-14H2,1-8H3/t20-,21-,22+,23-,24+,25-,26+,29+,30+,31+,32-/m1/s1. The number of hydrogen-bond acceptors (Lipinski definition) is 10. The van der Waals surface area contributed by atoms with E-state index < -0.39 is 81.7 Å². The van der Waals surface area contributed by atoms with Crippen molar-refractivity contribution in [2.75, 3.05) is 0 Å². The van der Waals surface area contributed by atoms with Gasteiger partial charge in [0.25, 0.3) is 0 Å². The molecule has 5 fully saturated rings. The van der Waals surface area contributed by atoms with Crippen LogP contribution in [0.1, 0.15) is 92.7 Å². The number of furan rings is 1. The Labute approximate surface area is 246 Å². The monoisotopic (exact) mass is 586 g/mol. The highest BCUT2D eigenvalue weighted by Gasteiger charge is 2.89. The first-order chi connectivity index (χ1) is 19.5. The second-order valence-corrected chi connectivity index (χ2v) is 14.4. The number of ether oxygens (including phenoxy) is 5. The maximum absolute atomic E-state index is 13.5. The van der Waals surface area contributed by atoms with Gasteiger partial charge in [0.2, 0.25) is 0 Å². The van der Waals surface area contributed by atoms with Crippen LogP contribution in [0.3, 0.4) is 0 Å². The van der Waals surface area contributed by atoms with E-state index in [-0.39, 0.29) is 11.8 Å². The third-order valence-electron chi connectivity index (χ3n) is 12.2. The van der Waals surface area contributed by atoms with Crippen LogP contribution < -0.4 is 0 Å². The lowest BCUT2D eigenvalue weighted by molar-refractivity contribution is -0.298. The van der Waals surface area contributed by atoms with Gasteiger partial charge in [-0.15, -0.1) is 0 Å². The van der Waals surface area contributed by atoms with Gasteiger partial charge in [0.15, 0.2) is 6.10 Å². The molecule has 0 N–H and O–H groups in total. The Morgan fingerprint density at radius 1 is 0.833 bits per heavy atom. The molecule has 0 unspecified atom stereocenters. The highest BCUT2D eigenvalue weighted by molar-refractivity contribution is 5.82. The van der Waals surface area contributed by atoms with Gasteiger partial charge in [0, 0.05) is 54.4 Å². The quantitative estimate of drug-likeness (QED) is 0.278. The lowest BCUT2D eigenvalue weighted by Crippen LogP contribution is -2.75. The summed E-state index contributed by atoms with van der Waals surface area (Å²) >= 11 is 0. The molecule has 0 aromatic carbocycles. The summed E-state index contributed by atoms with van der Waals surface area (Å²) in [5, 5.41) is 0. The minimum atomic E-state index is -0.994. The van der Waals surface area contributed by atoms with Crippen molar-refractivity contribution in [3.05, 3.63) is 24.2 Å². The number of cyclic esters (lactones) is 1. The van der Waals surface area contributed by atoms with Gasteiger partial charge < -0.3 is 28.1 Å². The summed E-state index contributed by atoms with van der Waals surface area (Å²) < 4.78 is 36.2. The third kappa shape index (κ3) is 3.53. The van der Waals surface area contributed by atoms with E-state index in [1.807, 2.05) is 6.07 Å². The summed E-state index contributed by atoms with van der Waals surface area (Å²) in [5.74, 6) is -2.01. The topological polar surface area (TPSA) is 131 Å². The van der Waals surface area contributed by atoms with Gasteiger partial charge in [-0.05, 0) is 37.2 Å². The summed E-state index contributed by atoms with van der Waals surface area (Å²) in [5.41, 5.74) is -2.88. The van der Waals surface area contributed by atoms with E-state index in [0.29, 0.717) is 25.7 Å². The van der Waals surface area contributed by atoms with Crippen LogP contribution in [0, 0.1) is 33.5 Å². The molecule has 2 aliphatic heterocycles. The molecule has 1 aromatic rings. The van der Waals surface area contributed by atoms with Crippen molar-refractivity contribution in [1.29, 1.82) is 0 Å². The van der Waals surface area contributed by atoms with Crippen LogP contribution in [0.2, 0.25) is 0 Å². The van der Waals surface area contributed by atoms with Gasteiger partial charge in [-0.1, -0.05) is 34.6 Å². The minimum absolute atomic E-state index is 0.159. The van der Waals surface area contributed by atoms with E-state index >= 15 is 0 Å². The predicted octanol–water partition coefficient (Wildman–Crippen LogP) is 4.69. The number of carbonyl (C=O) groups excluding carboxylic acids is 4. The van der Waals surface area contributed by atoms with Crippen molar-refractivity contribution >= 4 is 23.9 Å². The molecule has 11 atom stereocenters. The first-order valence-electron chi connectivity index (χ1n) is 15.0. The molecule has 10 heteroatoms. The van der Waals surface area contributed by atoms with E-state index in [0.717, 1.165) is 5.56 Å². The SMILES string of the molecule is CC(=O)O[C@H]1C[C@@H](OC(C)=O)[C@]2(C)[C@H](C[C@H](OC(C)=O)[C@]3(C)[C@@H]2CC[C@@]2(C)[C@@H](c4ccoc4)OC(=O)[C@@H]4O[C@@]432)C1(C)C. The Hall–Kier alpha value is -2.88. The molecule has 5 aliphatic rings. The fourth-order valence-electron chi connectivity index (χ4n) is 10.6. The Kier molecular flexibility index (Phi) is 6.30. The Morgan fingerprint density at radius 3 is 2.05 bits per heavy atom. The Balaban J connectivity index is 1.54. The maximum Gasteiger partial charge on any atom is 0.339 e. The Morgan fingerprint density at radius 2 is 1.45 bits per heavy atom. The molecule has 0 radical (unpaired) electrons. The molecule has 0 bridgehead atoms. The zero-order valence-corrected chi connectivity index (χ0v) is 25.7. The van der Waals surface area contributed by atoms with Crippen molar-refractivity contribution in [3.8, 4) is 0 Å². The van der Waals surface area contributed by atoms with E-state index in [1.54, 1.807) is 12.5 Å². The third-order valence-corrected chi connectivity index (χ3v) is 12.2. The largest absolute Gasteiger partial charge is 0.472 e. The van der Waals surface area contributed by atoms with Gasteiger partial charge in [-0.25, -0.2) is 4.79 Å². The lowest BCUT2D eigenvalue weighted by atomic mass is 9.34. The molecule has 42 heavy (non-hydrogen) atoms. The molecular formula is C32H42O10. The summed E-state index contributed by atoms with van der Waals surface area (Å²) in [4.78, 5) is 50.9. The average molecular weight is 587 g/mol. The second kappa shape index (κ2) is 9.07. The molecule has 3 aliphatic carbocycles. The van der Waals surface area contributed by atoms with Crippen LogP contribution in [-0.4, -0.2) is 53.9 Å². The van der Waals surface area contributed by atoms with Crippen LogP contribution >= 0.6 is 0 Å². The number of esters is 4. The van der Waals surface area contributed by atoms with Crippen molar-refractivity contribution in [1.82, 2.24) is 0 Å². The van der Waals surface area contributed by atoms with Crippen molar-refractivity contribution < 1.29 is 47.3 Å². The first kappa shape index (κ1) is 29.2. The molecule has 2 saturated heterocycles. The van der Waals surface area contributed by atoms with Crippen LogP contribution in [0.5, 0.6) is 0 Å². The Bertz CT molecular complexity index is 1320. The maximum atomic E-state index is 13.5. The van der Waals surface area contributed by atoms with E-state index in [9.17, 15) is 19.2 Å². The zero-order valence-electron chi connectivity index (χ0n) is 25.7. The van der Waals surface area contributed by atoms with Gasteiger partial charge in [0.05, 0.1) is 12.5 Å². The van der Waals surface area contributed by atoms with Crippen LogP contribution in [0.15, 0.2) is 23.0 Å². The minimum Gasteiger partial charge on any atom is -0.472 e. The van der Waals surface area contributed by atoms with E-state index in [1.165, 1.54) is 20.8 Å². The van der Waals surface area contributed by atoms with Crippen LogP contribution in [0.25, 0.3) is 0 Å². The van der Waals surface area contributed by atoms with Crippen molar-refractivity contribution in [3.63, 3.8) is 0 Å². The molecule has 6 rings (SSSR count). The second-order valence-electron chi connectivity index (χ2n) is 14.4. The summed E-state index contributed by atoms with van der Waals surface area (Å²) in [7, 11) is 0. The van der Waals surface area contributed by atoms with Gasteiger partial charge in [-0.2, -0.15) is 0 Å². The summed E-state index contributed by atoms with van der Waals surface area (Å²) in [6.07, 6.45) is 2.16. The van der Waals surface area contributed by atoms with Crippen LogP contribution in [-0.2, 0) is 42.9 Å². The van der Waals surface area contributed by atoms with Crippen molar-refractivity contribution in [2.45, 2.75) is 117 Å². The molecule has 10 nitrogen and oxygen atoms in total. The molecular weight excluding hydrogens is 544 g/mol. The highest BCUT2D eigenvalue weighted by Crippen LogP contribution is 2.80. The zero-order chi connectivity index (χ0) is 30.6. The smallest absolute Gasteiger partial charge is 0.339 e. The molecule has 230 valence electrons. The predicted molar refractivity (Wildman–Crippen MR) is 145 cm³/mol. The molecule has 3 saturated carbocycles. The lowest BCUT2D eigenvalue weighted by Gasteiger charge is -2.71. The number of carbonyl (C=O) groups is 4. The number of epoxide rings is 1. The number of fused-ring (bicyclic) bond motifs is 3. The summed E-state index contributed by atoms with van der Waals surface area (Å²) in [6, 6.07) is 1.81. The normalized spacial score (nSPS) is 46.5. The number of hydrogen-bond donors (Lipinski definition) is 0. The fourth-order valence-corrected chi connectivity index (χ4v) is 10.6.